The first-order chi connectivity index (χ1) is 15.1. The third-order valence-electron chi connectivity index (χ3n) is 4.77. The molecule has 0 spiro atoms. The van der Waals surface area contributed by atoms with Crippen LogP contribution in [0.25, 0.3) is 0 Å². The smallest absolute Gasteiger partial charge is 0.460 e. The molecule has 0 unspecified atom stereocenters. The molecular weight excluding hydrogens is 507 g/mol. The van der Waals surface area contributed by atoms with Crippen LogP contribution in [0.5, 0.6) is 11.5 Å². The first kappa shape index (κ1) is 27.4. The fourth-order valence-corrected chi connectivity index (χ4v) is 2.91. The molecule has 15 heteroatoms. The van der Waals surface area contributed by atoms with Gasteiger partial charge >= 0.3 is 35.8 Å². The Balaban J connectivity index is 2.76. The van der Waals surface area contributed by atoms with Crippen molar-refractivity contribution in [2.45, 2.75) is 41.7 Å². The van der Waals surface area contributed by atoms with E-state index in [9.17, 15) is 67.3 Å². The van der Waals surface area contributed by atoms with Gasteiger partial charge in [0.2, 0.25) is 0 Å². The number of benzene rings is 2. The highest BCUT2D eigenvalue weighted by molar-refractivity contribution is 5.41. The van der Waals surface area contributed by atoms with Gasteiger partial charge in [0.15, 0.2) is 0 Å². The van der Waals surface area contributed by atoms with Gasteiger partial charge in [-0.25, -0.2) is 0 Å². The molecule has 2 rings (SSSR count). The Kier molecular flexibility index (Phi) is 6.53. The molecule has 0 aliphatic carbocycles. The Morgan fingerprint density at radius 3 is 1.03 bits per heavy atom. The van der Waals surface area contributed by atoms with E-state index in [0.29, 0.717) is 48.5 Å². The number of phenolic OH excluding ortho intramolecular Hbond substituents is 2. The predicted molar refractivity (Wildman–Crippen MR) is 88.8 cm³/mol. The van der Waals surface area contributed by atoms with Crippen LogP contribution in [0.4, 0.5) is 57.1 Å². The molecule has 34 heavy (non-hydrogen) atoms. The summed E-state index contributed by atoms with van der Waals surface area (Å²) < 4.78 is 177. The van der Waals surface area contributed by atoms with E-state index in [1.807, 2.05) is 0 Å². The average molecular weight is 518 g/mol. The molecule has 0 amide bonds. The SMILES string of the molecule is Oc1ccc(C(c2ccc(O)cc2)C(F)(F)C(F)(F)C(F)(F)C(F)(F)C(F)(F)C(F)(F)F)cc1. The molecule has 0 saturated carbocycles. The molecule has 0 aliphatic heterocycles. The number of halogens is 13. The normalized spacial score (nSPS) is 14.5. The second kappa shape index (κ2) is 8.12. The molecule has 0 atom stereocenters. The number of aromatic hydroxyl groups is 2. The Morgan fingerprint density at radius 1 is 0.441 bits per heavy atom. The molecule has 190 valence electrons. The maximum Gasteiger partial charge on any atom is 0.460 e. The molecule has 0 radical (unpaired) electrons. The molecule has 0 aliphatic rings. The zero-order valence-electron chi connectivity index (χ0n) is 16.0. The van der Waals surface area contributed by atoms with Crippen LogP contribution in [-0.4, -0.2) is 46.0 Å². The molecule has 0 bridgehead atoms. The number of rotatable bonds is 7. The molecule has 2 aromatic rings. The van der Waals surface area contributed by atoms with Crippen LogP contribution in [0.2, 0.25) is 0 Å². The van der Waals surface area contributed by atoms with Crippen LogP contribution in [-0.2, 0) is 0 Å². The first-order valence-electron chi connectivity index (χ1n) is 8.66. The summed E-state index contributed by atoms with van der Waals surface area (Å²) in [6.45, 7) is 0. The minimum Gasteiger partial charge on any atom is -0.508 e. The fourth-order valence-electron chi connectivity index (χ4n) is 2.91. The zero-order valence-corrected chi connectivity index (χ0v) is 16.0. The minimum atomic E-state index is -8.01. The van der Waals surface area contributed by atoms with E-state index in [4.69, 9.17) is 0 Å². The zero-order chi connectivity index (χ0) is 26.5. The molecule has 0 heterocycles. The second-order valence-corrected chi connectivity index (χ2v) is 7.03. The van der Waals surface area contributed by atoms with Crippen molar-refractivity contribution in [3.8, 4) is 11.5 Å². The van der Waals surface area contributed by atoms with Gasteiger partial charge < -0.3 is 10.2 Å². The van der Waals surface area contributed by atoms with Crippen molar-refractivity contribution in [2.24, 2.45) is 0 Å². The summed E-state index contributed by atoms with van der Waals surface area (Å²) in [6, 6.07) is 4.27. The van der Waals surface area contributed by atoms with Crippen LogP contribution in [0.15, 0.2) is 48.5 Å². The molecular formula is C19H11F13O2. The summed E-state index contributed by atoms with van der Waals surface area (Å²) >= 11 is 0. The van der Waals surface area contributed by atoms with Crippen molar-refractivity contribution in [1.29, 1.82) is 0 Å². The number of alkyl halides is 13. The highest BCUT2D eigenvalue weighted by Crippen LogP contribution is 2.62. The average Bonchev–Trinajstić information content (AvgIpc) is 2.69. The third kappa shape index (κ3) is 3.98. The van der Waals surface area contributed by atoms with Crippen LogP contribution in [0, 0.1) is 0 Å². The van der Waals surface area contributed by atoms with Crippen molar-refractivity contribution in [2.75, 3.05) is 0 Å². The summed E-state index contributed by atoms with van der Waals surface area (Å²) in [6.07, 6.45) is -7.50. The van der Waals surface area contributed by atoms with Gasteiger partial charge in [-0.2, -0.15) is 57.1 Å². The Morgan fingerprint density at radius 2 is 0.735 bits per heavy atom. The summed E-state index contributed by atoms with van der Waals surface area (Å²) in [4.78, 5) is 0. The van der Waals surface area contributed by atoms with E-state index in [2.05, 4.69) is 0 Å². The number of hydrogen-bond acceptors (Lipinski definition) is 2. The summed E-state index contributed by atoms with van der Waals surface area (Å²) in [5.41, 5.74) is -2.09. The molecule has 0 fully saturated rings. The van der Waals surface area contributed by atoms with Gasteiger partial charge in [0.05, 0.1) is 5.92 Å². The maximum atomic E-state index is 14.9. The van der Waals surface area contributed by atoms with Crippen LogP contribution < -0.4 is 0 Å². The van der Waals surface area contributed by atoms with Gasteiger partial charge in [-0.1, -0.05) is 24.3 Å². The van der Waals surface area contributed by atoms with Gasteiger partial charge in [-0.15, -0.1) is 0 Å². The third-order valence-corrected chi connectivity index (χ3v) is 4.77. The summed E-state index contributed by atoms with van der Waals surface area (Å²) in [5.74, 6) is -42.3. The molecule has 2 N–H and O–H groups in total. The Hall–Kier alpha value is -2.87. The topological polar surface area (TPSA) is 40.5 Å². The fraction of sp³-hybridized carbons (Fsp3) is 0.368. The molecule has 2 nitrogen and oxygen atoms in total. The van der Waals surface area contributed by atoms with Crippen LogP contribution in [0.3, 0.4) is 0 Å². The van der Waals surface area contributed by atoms with Crippen molar-refractivity contribution in [3.63, 3.8) is 0 Å². The first-order valence-corrected chi connectivity index (χ1v) is 8.66. The summed E-state index contributed by atoms with van der Waals surface area (Å²) in [5, 5.41) is 18.5. The van der Waals surface area contributed by atoms with E-state index < -0.39 is 64.3 Å². The van der Waals surface area contributed by atoms with Crippen LogP contribution >= 0.6 is 0 Å². The standard InChI is InChI=1S/C19H11F13O2/c20-14(21,15(22,23)16(24,25)17(26,27)18(28,29)19(30,31)32)13(9-1-5-11(33)6-2-9)10-3-7-12(34)8-4-10/h1-8,13,33-34H. The predicted octanol–water partition coefficient (Wildman–Crippen LogP) is 6.97. The molecule has 0 saturated heterocycles. The van der Waals surface area contributed by atoms with Gasteiger partial charge in [-0.05, 0) is 35.4 Å². The van der Waals surface area contributed by atoms with Gasteiger partial charge in [0.1, 0.15) is 11.5 Å². The lowest BCUT2D eigenvalue weighted by molar-refractivity contribution is -0.440. The Bertz CT molecular complexity index is 951. The largest absolute Gasteiger partial charge is 0.508 e. The van der Waals surface area contributed by atoms with E-state index in [-0.39, 0.29) is 0 Å². The van der Waals surface area contributed by atoms with Gasteiger partial charge in [0.25, 0.3) is 0 Å². The van der Waals surface area contributed by atoms with E-state index in [0.717, 1.165) is 0 Å². The van der Waals surface area contributed by atoms with E-state index in [1.165, 1.54) is 0 Å². The van der Waals surface area contributed by atoms with E-state index >= 15 is 0 Å². The van der Waals surface area contributed by atoms with Crippen molar-refractivity contribution in [3.05, 3.63) is 59.7 Å². The highest BCUT2D eigenvalue weighted by atomic mass is 19.4. The number of hydrogen-bond donors (Lipinski definition) is 2. The van der Waals surface area contributed by atoms with Crippen molar-refractivity contribution < 1.29 is 67.3 Å². The lowest BCUT2D eigenvalue weighted by Gasteiger charge is -2.42. The van der Waals surface area contributed by atoms with Crippen molar-refractivity contribution >= 4 is 0 Å². The maximum absolute atomic E-state index is 14.9. The lowest BCUT2D eigenvalue weighted by Crippen LogP contribution is -2.70. The van der Waals surface area contributed by atoms with E-state index in [1.54, 1.807) is 0 Å². The highest BCUT2D eigenvalue weighted by Gasteiger charge is 2.91. The lowest BCUT2D eigenvalue weighted by atomic mass is 9.80. The monoisotopic (exact) mass is 518 g/mol. The minimum absolute atomic E-state index is 0.470. The van der Waals surface area contributed by atoms with Gasteiger partial charge in [0, 0.05) is 0 Å². The quantitative estimate of drug-likeness (QED) is 0.389. The van der Waals surface area contributed by atoms with Crippen LogP contribution in [0.1, 0.15) is 17.0 Å². The van der Waals surface area contributed by atoms with Crippen molar-refractivity contribution in [1.82, 2.24) is 0 Å². The second-order valence-electron chi connectivity index (χ2n) is 7.03. The molecule has 0 aromatic heterocycles. The van der Waals surface area contributed by atoms with Gasteiger partial charge in [-0.3, -0.25) is 0 Å². The number of phenols is 2. The summed E-state index contributed by atoms with van der Waals surface area (Å²) in [7, 11) is 0. The Labute approximate surface area is 181 Å². The molecule has 2 aromatic carbocycles.